The van der Waals surface area contributed by atoms with E-state index in [0.717, 1.165) is 9.13 Å². The summed E-state index contributed by atoms with van der Waals surface area (Å²) < 4.78 is 1.97. The number of halogens is 1. The lowest BCUT2D eigenvalue weighted by Crippen LogP contribution is -2.40. The normalized spacial score (nSPS) is 10.9. The fourth-order valence-electron chi connectivity index (χ4n) is 2.45. The largest absolute Gasteiger partial charge is 0.508 e. The van der Waals surface area contributed by atoms with Gasteiger partial charge in [0.25, 0.3) is 5.56 Å². The number of nitrogens with zero attached hydrogens (tertiary/aromatic N) is 2. The summed E-state index contributed by atoms with van der Waals surface area (Å²) in [6.07, 6.45) is 0.183. The highest BCUT2D eigenvalue weighted by Crippen LogP contribution is 2.21. The Balaban J connectivity index is 2.38. The van der Waals surface area contributed by atoms with Gasteiger partial charge in [0.15, 0.2) is 0 Å². The molecule has 0 atom stereocenters. The third-order valence-electron chi connectivity index (χ3n) is 3.75. The molecular formula is C20H22ClN3O4. The zero-order chi connectivity index (χ0) is 21.1. The molecule has 0 aliphatic carbocycles. The van der Waals surface area contributed by atoms with Gasteiger partial charge in [-0.2, -0.15) is 0 Å². The van der Waals surface area contributed by atoms with Crippen LogP contribution in [-0.2, 0) is 18.4 Å². The molecule has 28 heavy (non-hydrogen) atoms. The molecule has 1 aromatic heterocycles. The van der Waals surface area contributed by atoms with E-state index in [0.29, 0.717) is 5.56 Å². The molecule has 0 aliphatic rings. The van der Waals surface area contributed by atoms with Crippen LogP contribution in [0, 0.1) is 17.3 Å². The first-order valence-corrected chi connectivity index (χ1v) is 8.94. The standard InChI is InChI=1S/C20H22ClN3O4/c1-20(2,3)12-15(26)22-16-17(21)24(19(28)23(4)18(16)27)10-6-8-13-7-5-9-14(25)11-13/h5,7,9,11,25H,10,12H2,1-4H3,(H,22,26). The van der Waals surface area contributed by atoms with Crippen LogP contribution in [0.4, 0.5) is 5.69 Å². The van der Waals surface area contributed by atoms with Crippen LogP contribution in [0.15, 0.2) is 33.9 Å². The van der Waals surface area contributed by atoms with Crippen LogP contribution in [-0.4, -0.2) is 20.1 Å². The summed E-state index contributed by atoms with van der Waals surface area (Å²) in [6.45, 7) is 5.59. The number of carbonyl (C=O) groups excluding carboxylic acids is 1. The number of carbonyl (C=O) groups is 1. The second kappa shape index (κ2) is 8.36. The minimum absolute atomic E-state index is 0.0768. The number of nitrogens with one attached hydrogen (secondary N) is 1. The lowest BCUT2D eigenvalue weighted by Gasteiger charge is -2.18. The summed E-state index contributed by atoms with van der Waals surface area (Å²) in [5.74, 6) is 5.30. The van der Waals surface area contributed by atoms with Crippen LogP contribution in [0.25, 0.3) is 0 Å². The van der Waals surface area contributed by atoms with Gasteiger partial charge in [0.1, 0.15) is 16.6 Å². The van der Waals surface area contributed by atoms with Gasteiger partial charge in [-0.1, -0.05) is 50.3 Å². The quantitative estimate of drug-likeness (QED) is 0.607. The molecule has 0 saturated heterocycles. The van der Waals surface area contributed by atoms with Crippen molar-refractivity contribution in [2.24, 2.45) is 12.5 Å². The van der Waals surface area contributed by atoms with Crippen molar-refractivity contribution >= 4 is 23.2 Å². The lowest BCUT2D eigenvalue weighted by atomic mass is 9.92. The Labute approximate surface area is 167 Å². The molecule has 0 unspecified atom stereocenters. The maximum absolute atomic E-state index is 12.4. The number of aromatic hydroxyl groups is 1. The van der Waals surface area contributed by atoms with Crippen LogP contribution < -0.4 is 16.6 Å². The van der Waals surface area contributed by atoms with Crippen molar-refractivity contribution in [3.63, 3.8) is 0 Å². The Hall–Kier alpha value is -2.98. The first-order valence-electron chi connectivity index (χ1n) is 8.56. The third kappa shape index (κ3) is 5.27. The average Bonchev–Trinajstić information content (AvgIpc) is 2.58. The van der Waals surface area contributed by atoms with E-state index in [1.807, 2.05) is 20.8 Å². The summed E-state index contributed by atoms with van der Waals surface area (Å²) in [6, 6.07) is 6.35. The summed E-state index contributed by atoms with van der Waals surface area (Å²) in [5, 5.41) is 11.8. The average molecular weight is 404 g/mol. The molecule has 148 valence electrons. The predicted molar refractivity (Wildman–Crippen MR) is 109 cm³/mol. The Kier molecular flexibility index (Phi) is 6.37. The van der Waals surface area contributed by atoms with Gasteiger partial charge in [-0.15, -0.1) is 0 Å². The Morgan fingerprint density at radius 2 is 1.96 bits per heavy atom. The molecule has 7 nitrogen and oxygen atoms in total. The molecular weight excluding hydrogens is 382 g/mol. The van der Waals surface area contributed by atoms with Crippen molar-refractivity contribution in [1.29, 1.82) is 0 Å². The van der Waals surface area contributed by atoms with Crippen molar-refractivity contribution in [3.05, 3.63) is 55.8 Å². The maximum Gasteiger partial charge on any atom is 0.332 e. The second-order valence-electron chi connectivity index (χ2n) is 7.54. The number of benzene rings is 1. The summed E-state index contributed by atoms with van der Waals surface area (Å²) in [5.41, 5.74) is -1.20. The number of rotatable bonds is 3. The summed E-state index contributed by atoms with van der Waals surface area (Å²) in [7, 11) is 1.31. The zero-order valence-electron chi connectivity index (χ0n) is 16.2. The highest BCUT2D eigenvalue weighted by Gasteiger charge is 2.21. The minimum Gasteiger partial charge on any atom is -0.508 e. The molecule has 8 heteroatoms. The molecule has 0 radical (unpaired) electrons. The number of phenolic OH excluding ortho intramolecular Hbond substituents is 1. The Morgan fingerprint density at radius 1 is 1.29 bits per heavy atom. The molecule has 0 saturated carbocycles. The van der Waals surface area contributed by atoms with Crippen molar-refractivity contribution < 1.29 is 9.90 Å². The van der Waals surface area contributed by atoms with Crippen molar-refractivity contribution in [3.8, 4) is 17.6 Å². The predicted octanol–water partition coefficient (Wildman–Crippen LogP) is 2.33. The van der Waals surface area contributed by atoms with E-state index >= 15 is 0 Å². The van der Waals surface area contributed by atoms with Crippen molar-refractivity contribution in [2.75, 3.05) is 5.32 Å². The van der Waals surface area contributed by atoms with Crippen LogP contribution in [0.1, 0.15) is 32.8 Å². The second-order valence-corrected chi connectivity index (χ2v) is 7.89. The van der Waals surface area contributed by atoms with E-state index in [9.17, 15) is 19.5 Å². The fraction of sp³-hybridized carbons (Fsp3) is 0.350. The molecule has 0 bridgehead atoms. The first-order chi connectivity index (χ1) is 13.0. The van der Waals surface area contributed by atoms with Gasteiger partial charge in [-0.05, 0) is 23.6 Å². The Morgan fingerprint density at radius 3 is 2.57 bits per heavy atom. The van der Waals surface area contributed by atoms with Crippen LogP contribution in [0.2, 0.25) is 5.15 Å². The third-order valence-corrected chi connectivity index (χ3v) is 4.14. The van der Waals surface area contributed by atoms with Gasteiger partial charge in [0.2, 0.25) is 5.91 Å². The number of phenols is 1. The molecule has 0 fully saturated rings. The van der Waals surface area contributed by atoms with Gasteiger partial charge in [-0.25, -0.2) is 4.79 Å². The fourth-order valence-corrected chi connectivity index (χ4v) is 2.71. The van der Waals surface area contributed by atoms with Crippen LogP contribution >= 0.6 is 11.6 Å². The lowest BCUT2D eigenvalue weighted by molar-refractivity contribution is -0.117. The highest BCUT2D eigenvalue weighted by molar-refractivity contribution is 6.32. The van der Waals surface area contributed by atoms with Crippen molar-refractivity contribution in [1.82, 2.24) is 9.13 Å². The minimum atomic E-state index is -0.686. The number of hydrogen-bond donors (Lipinski definition) is 2. The number of hydrogen-bond acceptors (Lipinski definition) is 4. The van der Waals surface area contributed by atoms with E-state index in [1.54, 1.807) is 12.1 Å². The maximum atomic E-state index is 12.4. The molecule has 1 aromatic carbocycles. The smallest absolute Gasteiger partial charge is 0.332 e. The summed E-state index contributed by atoms with van der Waals surface area (Å²) >= 11 is 6.24. The highest BCUT2D eigenvalue weighted by atomic mass is 35.5. The van der Waals surface area contributed by atoms with E-state index < -0.39 is 11.2 Å². The van der Waals surface area contributed by atoms with E-state index in [2.05, 4.69) is 17.2 Å². The van der Waals surface area contributed by atoms with E-state index in [1.165, 1.54) is 19.2 Å². The van der Waals surface area contributed by atoms with Gasteiger partial charge in [0, 0.05) is 19.0 Å². The molecule has 1 heterocycles. The Bertz CT molecular complexity index is 1080. The SMILES string of the molecule is Cn1c(=O)c(NC(=O)CC(C)(C)C)c(Cl)n(CC#Cc2cccc(O)c2)c1=O. The van der Waals surface area contributed by atoms with E-state index in [-0.39, 0.29) is 40.9 Å². The van der Waals surface area contributed by atoms with Gasteiger partial charge in [-0.3, -0.25) is 18.7 Å². The number of amides is 1. The van der Waals surface area contributed by atoms with Gasteiger partial charge < -0.3 is 10.4 Å². The van der Waals surface area contributed by atoms with Gasteiger partial charge >= 0.3 is 5.69 Å². The molecule has 2 rings (SSSR count). The monoisotopic (exact) mass is 403 g/mol. The van der Waals surface area contributed by atoms with Crippen LogP contribution in [0.5, 0.6) is 5.75 Å². The van der Waals surface area contributed by atoms with E-state index in [4.69, 9.17) is 11.6 Å². The summed E-state index contributed by atoms with van der Waals surface area (Å²) in [4.78, 5) is 37.0. The number of aromatic nitrogens is 2. The van der Waals surface area contributed by atoms with Gasteiger partial charge in [0.05, 0.1) is 6.54 Å². The molecule has 2 N–H and O–H groups in total. The van der Waals surface area contributed by atoms with Crippen LogP contribution in [0.3, 0.4) is 0 Å². The zero-order valence-corrected chi connectivity index (χ0v) is 16.9. The topological polar surface area (TPSA) is 93.3 Å². The molecule has 0 aliphatic heterocycles. The molecule has 1 amide bonds. The van der Waals surface area contributed by atoms with Crippen molar-refractivity contribution in [2.45, 2.75) is 33.7 Å². The molecule has 0 spiro atoms. The number of anilines is 1. The molecule has 2 aromatic rings. The first kappa shape index (κ1) is 21.3.